The highest BCUT2D eigenvalue weighted by Gasteiger charge is 2.36. The van der Waals surface area contributed by atoms with Crippen LogP contribution >= 0.6 is 27.5 Å². The van der Waals surface area contributed by atoms with E-state index in [0.29, 0.717) is 16.1 Å². The molecule has 2 amide bonds. The van der Waals surface area contributed by atoms with Crippen molar-refractivity contribution in [2.24, 2.45) is 0 Å². The average molecular weight is 391 g/mol. The predicted molar refractivity (Wildman–Crippen MR) is 88.9 cm³/mol. The summed E-state index contributed by atoms with van der Waals surface area (Å²) in [6.45, 7) is -0.0828. The molecule has 114 valence electrons. The minimum Gasteiger partial charge on any atom is -0.266 e. The minimum atomic E-state index is -0.472. The second kappa shape index (κ2) is 6.55. The number of nitrogens with zero attached hydrogens (tertiary/aromatic N) is 1. The van der Waals surface area contributed by atoms with Crippen LogP contribution in [0.5, 0.6) is 0 Å². The van der Waals surface area contributed by atoms with E-state index in [-0.39, 0.29) is 6.61 Å². The van der Waals surface area contributed by atoms with Crippen LogP contribution in [0.25, 0.3) is 0 Å². The first kappa shape index (κ1) is 15.8. The maximum Gasteiger partial charge on any atom is 0.285 e. The zero-order valence-corrected chi connectivity index (χ0v) is 14.0. The Kier molecular flexibility index (Phi) is 4.49. The molecule has 1 aliphatic heterocycles. The molecule has 1 heterocycles. The van der Waals surface area contributed by atoms with E-state index in [1.54, 1.807) is 42.5 Å². The highest BCUT2D eigenvalue weighted by atomic mass is 79.9. The maximum atomic E-state index is 12.1. The van der Waals surface area contributed by atoms with Crippen LogP contribution in [-0.2, 0) is 4.84 Å². The summed E-state index contributed by atoms with van der Waals surface area (Å²) < 4.78 is 0.762. The Labute approximate surface area is 146 Å². The number of benzene rings is 2. The van der Waals surface area contributed by atoms with Gasteiger partial charge in [0.05, 0.1) is 11.1 Å². The molecule has 0 fully saturated rings. The topological polar surface area (TPSA) is 46.6 Å². The van der Waals surface area contributed by atoms with Crippen LogP contribution in [-0.4, -0.2) is 23.5 Å². The molecule has 0 saturated carbocycles. The van der Waals surface area contributed by atoms with E-state index in [1.165, 1.54) is 0 Å². The summed E-state index contributed by atoms with van der Waals surface area (Å²) in [5, 5.41) is 1.35. The van der Waals surface area contributed by atoms with E-state index < -0.39 is 11.8 Å². The van der Waals surface area contributed by atoms with E-state index in [1.807, 2.05) is 0 Å². The van der Waals surface area contributed by atoms with Crippen molar-refractivity contribution in [1.29, 1.82) is 0 Å². The standard InChI is InChI=1S/C17H9BrClNO3/c18-15-10-12(19)8-7-11(15)4-3-9-23-20-16(21)13-5-1-2-6-14(13)17(20)22/h1-2,5-8,10H,9H2. The molecule has 0 radical (unpaired) electrons. The lowest BCUT2D eigenvalue weighted by Crippen LogP contribution is -2.30. The summed E-state index contributed by atoms with van der Waals surface area (Å²) in [7, 11) is 0. The van der Waals surface area contributed by atoms with Crippen molar-refractivity contribution in [3.05, 3.63) is 68.7 Å². The van der Waals surface area contributed by atoms with Gasteiger partial charge in [0, 0.05) is 15.1 Å². The number of rotatable bonds is 2. The van der Waals surface area contributed by atoms with Crippen molar-refractivity contribution >= 4 is 39.3 Å². The van der Waals surface area contributed by atoms with Crippen LogP contribution in [0.15, 0.2) is 46.9 Å². The van der Waals surface area contributed by atoms with Crippen molar-refractivity contribution in [2.45, 2.75) is 0 Å². The molecule has 0 bridgehead atoms. The summed E-state index contributed by atoms with van der Waals surface area (Å²) in [5.41, 5.74) is 1.41. The lowest BCUT2D eigenvalue weighted by atomic mass is 10.1. The quantitative estimate of drug-likeness (QED) is 0.580. The SMILES string of the molecule is O=C1c2ccccc2C(=O)N1OCC#Cc1ccc(Cl)cc1Br. The smallest absolute Gasteiger partial charge is 0.266 e. The molecule has 0 N–H and O–H groups in total. The molecule has 2 aromatic carbocycles. The molecule has 1 aliphatic rings. The van der Waals surface area contributed by atoms with Gasteiger partial charge in [-0.05, 0) is 46.3 Å². The zero-order valence-electron chi connectivity index (χ0n) is 11.7. The van der Waals surface area contributed by atoms with Gasteiger partial charge in [-0.2, -0.15) is 0 Å². The second-order valence-electron chi connectivity index (χ2n) is 4.65. The monoisotopic (exact) mass is 389 g/mol. The zero-order chi connectivity index (χ0) is 16.4. The van der Waals surface area contributed by atoms with Crippen molar-refractivity contribution in [2.75, 3.05) is 6.61 Å². The van der Waals surface area contributed by atoms with Gasteiger partial charge < -0.3 is 0 Å². The summed E-state index contributed by atoms with van der Waals surface area (Å²) in [6, 6.07) is 11.8. The fraction of sp³-hybridized carbons (Fsp3) is 0.0588. The normalized spacial score (nSPS) is 12.9. The molecule has 3 rings (SSSR count). The fourth-order valence-electron chi connectivity index (χ4n) is 2.10. The number of hydrogen-bond acceptors (Lipinski definition) is 3. The summed E-state index contributed by atoms with van der Waals surface area (Å²) in [6.07, 6.45) is 0. The molecule has 6 heteroatoms. The minimum absolute atomic E-state index is 0.0828. The van der Waals surface area contributed by atoms with Crippen LogP contribution in [0.3, 0.4) is 0 Å². The maximum absolute atomic E-state index is 12.1. The molecule has 23 heavy (non-hydrogen) atoms. The molecule has 4 nitrogen and oxygen atoms in total. The van der Waals surface area contributed by atoms with Crippen LogP contribution in [0.4, 0.5) is 0 Å². The van der Waals surface area contributed by atoms with Crippen molar-refractivity contribution in [3.8, 4) is 11.8 Å². The van der Waals surface area contributed by atoms with Gasteiger partial charge in [0.2, 0.25) is 0 Å². The van der Waals surface area contributed by atoms with E-state index in [4.69, 9.17) is 16.4 Å². The van der Waals surface area contributed by atoms with Crippen molar-refractivity contribution in [1.82, 2.24) is 5.06 Å². The largest absolute Gasteiger partial charge is 0.285 e. The van der Waals surface area contributed by atoms with Crippen molar-refractivity contribution in [3.63, 3.8) is 0 Å². The van der Waals surface area contributed by atoms with Crippen LogP contribution in [0, 0.1) is 11.8 Å². The van der Waals surface area contributed by atoms with Gasteiger partial charge >= 0.3 is 0 Å². The summed E-state index contributed by atoms with van der Waals surface area (Å²) >= 11 is 9.21. The summed E-state index contributed by atoms with van der Waals surface area (Å²) in [5.74, 6) is 4.71. The Morgan fingerprint density at radius 1 is 1.09 bits per heavy atom. The highest BCUT2D eigenvalue weighted by Crippen LogP contribution is 2.23. The Bertz CT molecular complexity index is 835. The highest BCUT2D eigenvalue weighted by molar-refractivity contribution is 9.10. The second-order valence-corrected chi connectivity index (χ2v) is 5.94. The number of carbonyl (C=O) groups excluding carboxylic acids is 2. The first-order chi connectivity index (χ1) is 11.1. The van der Waals surface area contributed by atoms with Gasteiger partial charge in [0.15, 0.2) is 0 Å². The van der Waals surface area contributed by atoms with Gasteiger partial charge in [-0.25, -0.2) is 4.84 Å². The lowest BCUT2D eigenvalue weighted by molar-refractivity contribution is -0.0782. The van der Waals surface area contributed by atoms with Crippen LogP contribution in [0.1, 0.15) is 26.3 Å². The average Bonchev–Trinajstić information content (AvgIpc) is 2.78. The van der Waals surface area contributed by atoms with E-state index in [9.17, 15) is 9.59 Å². The number of amides is 2. The van der Waals surface area contributed by atoms with Gasteiger partial charge in [-0.1, -0.05) is 35.6 Å². The van der Waals surface area contributed by atoms with E-state index in [2.05, 4.69) is 27.8 Å². The van der Waals surface area contributed by atoms with E-state index in [0.717, 1.165) is 15.1 Å². The number of carbonyl (C=O) groups is 2. The third-order valence-electron chi connectivity index (χ3n) is 3.18. The molecule has 0 saturated heterocycles. The third-order valence-corrected chi connectivity index (χ3v) is 4.07. The van der Waals surface area contributed by atoms with E-state index >= 15 is 0 Å². The molecule has 0 atom stereocenters. The number of imide groups is 1. The molecular formula is C17H9BrClNO3. The van der Waals surface area contributed by atoms with Crippen molar-refractivity contribution < 1.29 is 14.4 Å². The van der Waals surface area contributed by atoms with Gasteiger partial charge in [0.25, 0.3) is 11.8 Å². The summed E-state index contributed by atoms with van der Waals surface area (Å²) in [4.78, 5) is 29.4. The number of fused-ring (bicyclic) bond motifs is 1. The van der Waals surface area contributed by atoms with Crippen LogP contribution in [0.2, 0.25) is 5.02 Å². The molecule has 0 spiro atoms. The molecule has 2 aromatic rings. The lowest BCUT2D eigenvalue weighted by Gasteiger charge is -2.10. The predicted octanol–water partition coefficient (Wildman–Crippen LogP) is 3.68. The Morgan fingerprint density at radius 3 is 2.35 bits per heavy atom. The molecule has 0 aliphatic carbocycles. The first-order valence-corrected chi connectivity index (χ1v) is 7.79. The van der Waals surface area contributed by atoms with Crippen LogP contribution < -0.4 is 0 Å². The molecular weight excluding hydrogens is 382 g/mol. The van der Waals surface area contributed by atoms with Gasteiger partial charge in [-0.3, -0.25) is 9.59 Å². The Hall–Kier alpha value is -2.13. The van der Waals surface area contributed by atoms with Gasteiger partial charge in [-0.15, -0.1) is 5.06 Å². The number of hydroxylamine groups is 2. The first-order valence-electron chi connectivity index (χ1n) is 6.62. The molecule has 0 unspecified atom stereocenters. The third kappa shape index (κ3) is 3.15. The fourth-order valence-corrected chi connectivity index (χ4v) is 2.89. The van der Waals surface area contributed by atoms with Gasteiger partial charge in [0.1, 0.15) is 6.61 Å². The Morgan fingerprint density at radius 2 is 1.74 bits per heavy atom. The number of hydrogen-bond donors (Lipinski definition) is 0. The number of halogens is 2. The Balaban J connectivity index is 1.68. The molecule has 0 aromatic heterocycles.